The number of hydrogen-bond acceptors (Lipinski definition) is 4. The lowest BCUT2D eigenvalue weighted by atomic mass is 10.2. The highest BCUT2D eigenvalue weighted by molar-refractivity contribution is 6.40. The molecule has 6 nitrogen and oxygen atoms in total. The van der Waals surface area contributed by atoms with Crippen LogP contribution >= 0.6 is 0 Å². The van der Waals surface area contributed by atoms with E-state index in [2.05, 4.69) is 10.3 Å². The first-order valence-corrected chi connectivity index (χ1v) is 6.14. The normalized spacial score (nSPS) is 10.3. The molecule has 1 heterocycles. The van der Waals surface area contributed by atoms with Crippen molar-refractivity contribution in [3.63, 3.8) is 0 Å². The number of anilines is 1. The number of hydrogen-bond donors (Lipinski definition) is 2. The van der Waals surface area contributed by atoms with E-state index < -0.39 is 11.8 Å². The van der Waals surface area contributed by atoms with E-state index in [1.165, 1.54) is 7.05 Å². The van der Waals surface area contributed by atoms with Crippen LogP contribution in [0, 0.1) is 0 Å². The van der Waals surface area contributed by atoms with E-state index >= 15 is 0 Å². The molecule has 0 saturated heterocycles. The number of rotatable bonds is 3. The van der Waals surface area contributed by atoms with Crippen molar-refractivity contribution in [3.05, 3.63) is 36.5 Å². The van der Waals surface area contributed by atoms with Crippen LogP contribution in [0.15, 0.2) is 36.5 Å². The zero-order valence-electron chi connectivity index (χ0n) is 11.0. The van der Waals surface area contributed by atoms with Gasteiger partial charge in [-0.25, -0.2) is 0 Å². The number of carbonyl (C=O) groups excluding carboxylic acids is 2. The molecule has 104 valence electrons. The maximum atomic E-state index is 11.9. The SMILES string of the molecule is CN(CCO)C(=O)C(=O)Nc1cccc2cccnc12. The predicted molar refractivity (Wildman–Crippen MR) is 75.1 cm³/mol. The average molecular weight is 273 g/mol. The van der Waals surface area contributed by atoms with E-state index in [0.717, 1.165) is 10.3 Å². The number of fused-ring (bicyclic) bond motifs is 1. The van der Waals surface area contributed by atoms with Crippen LogP contribution in [0.3, 0.4) is 0 Å². The third-order valence-electron chi connectivity index (χ3n) is 2.86. The van der Waals surface area contributed by atoms with Gasteiger partial charge in [0.1, 0.15) is 0 Å². The monoisotopic (exact) mass is 273 g/mol. The molecular formula is C14H15N3O3. The van der Waals surface area contributed by atoms with E-state index in [4.69, 9.17) is 5.11 Å². The number of carbonyl (C=O) groups is 2. The summed E-state index contributed by atoms with van der Waals surface area (Å²) in [5.74, 6) is -1.45. The Hall–Kier alpha value is -2.47. The van der Waals surface area contributed by atoms with Crippen molar-refractivity contribution in [2.45, 2.75) is 0 Å². The number of benzene rings is 1. The van der Waals surface area contributed by atoms with Gasteiger partial charge >= 0.3 is 11.8 Å². The van der Waals surface area contributed by atoms with Crippen LogP contribution in [0.1, 0.15) is 0 Å². The second-order valence-electron chi connectivity index (χ2n) is 4.29. The van der Waals surface area contributed by atoms with Crippen LogP contribution in [0.25, 0.3) is 10.9 Å². The topological polar surface area (TPSA) is 82.5 Å². The van der Waals surface area contributed by atoms with Crippen LogP contribution in [0.2, 0.25) is 0 Å². The van der Waals surface area contributed by atoms with Gasteiger partial charge < -0.3 is 15.3 Å². The van der Waals surface area contributed by atoms with E-state index in [1.54, 1.807) is 24.4 Å². The molecule has 1 aromatic heterocycles. The minimum atomic E-state index is -0.751. The third kappa shape index (κ3) is 2.92. The molecule has 0 saturated carbocycles. The number of amides is 2. The van der Waals surface area contributed by atoms with E-state index in [9.17, 15) is 9.59 Å². The zero-order chi connectivity index (χ0) is 14.5. The lowest BCUT2D eigenvalue weighted by Crippen LogP contribution is -2.38. The minimum Gasteiger partial charge on any atom is -0.395 e. The maximum absolute atomic E-state index is 11.9. The number of aliphatic hydroxyl groups is 1. The molecule has 0 atom stereocenters. The molecule has 2 N–H and O–H groups in total. The van der Waals surface area contributed by atoms with Gasteiger partial charge in [0, 0.05) is 25.2 Å². The summed E-state index contributed by atoms with van der Waals surface area (Å²) in [6, 6.07) is 9.01. The number of aromatic nitrogens is 1. The number of para-hydroxylation sites is 1. The largest absolute Gasteiger partial charge is 0.395 e. The van der Waals surface area contributed by atoms with Crippen molar-refractivity contribution >= 4 is 28.4 Å². The van der Waals surface area contributed by atoms with Gasteiger partial charge in [0.15, 0.2) is 0 Å². The molecule has 2 rings (SSSR count). The molecule has 2 aromatic rings. The minimum absolute atomic E-state index is 0.111. The Morgan fingerprint density at radius 1 is 1.30 bits per heavy atom. The summed E-state index contributed by atoms with van der Waals surface area (Å²) in [5.41, 5.74) is 1.11. The van der Waals surface area contributed by atoms with Crippen molar-refractivity contribution in [2.75, 3.05) is 25.5 Å². The molecule has 0 bridgehead atoms. The Morgan fingerprint density at radius 2 is 2.05 bits per heavy atom. The van der Waals surface area contributed by atoms with Gasteiger partial charge in [0.05, 0.1) is 17.8 Å². The van der Waals surface area contributed by atoms with Gasteiger partial charge in [-0.1, -0.05) is 18.2 Å². The number of nitrogens with one attached hydrogen (secondary N) is 1. The highest BCUT2D eigenvalue weighted by Crippen LogP contribution is 2.20. The fourth-order valence-corrected chi connectivity index (χ4v) is 1.81. The van der Waals surface area contributed by atoms with Gasteiger partial charge in [-0.05, 0) is 12.1 Å². The van der Waals surface area contributed by atoms with Crippen LogP contribution in [-0.4, -0.2) is 47.0 Å². The average Bonchev–Trinajstić information content (AvgIpc) is 2.47. The third-order valence-corrected chi connectivity index (χ3v) is 2.86. The van der Waals surface area contributed by atoms with Gasteiger partial charge in [0.2, 0.25) is 0 Å². The van der Waals surface area contributed by atoms with Crippen molar-refractivity contribution in [1.82, 2.24) is 9.88 Å². The van der Waals surface area contributed by atoms with Crippen LogP contribution in [-0.2, 0) is 9.59 Å². The summed E-state index contributed by atoms with van der Waals surface area (Å²) < 4.78 is 0. The molecule has 6 heteroatoms. The zero-order valence-corrected chi connectivity index (χ0v) is 11.0. The Bertz CT molecular complexity index is 637. The highest BCUT2D eigenvalue weighted by atomic mass is 16.3. The Labute approximate surface area is 116 Å². The van der Waals surface area contributed by atoms with E-state index in [0.29, 0.717) is 11.2 Å². The molecule has 0 radical (unpaired) electrons. The molecule has 0 spiro atoms. The number of pyridine rings is 1. The summed E-state index contributed by atoms with van der Waals surface area (Å²) in [7, 11) is 1.46. The van der Waals surface area contributed by atoms with Gasteiger partial charge in [0.25, 0.3) is 0 Å². The van der Waals surface area contributed by atoms with Crippen molar-refractivity contribution in [3.8, 4) is 0 Å². The highest BCUT2D eigenvalue weighted by Gasteiger charge is 2.19. The molecule has 0 aliphatic rings. The first-order valence-electron chi connectivity index (χ1n) is 6.14. The maximum Gasteiger partial charge on any atom is 0.313 e. The van der Waals surface area contributed by atoms with Crippen LogP contribution in [0.5, 0.6) is 0 Å². The molecule has 0 unspecified atom stereocenters. The summed E-state index contributed by atoms with van der Waals surface area (Å²) in [6.45, 7) is -0.0780. The second kappa shape index (κ2) is 6.12. The first-order chi connectivity index (χ1) is 9.63. The van der Waals surface area contributed by atoms with Crippen LogP contribution in [0.4, 0.5) is 5.69 Å². The van der Waals surface area contributed by atoms with Crippen molar-refractivity contribution in [2.24, 2.45) is 0 Å². The summed E-state index contributed by atoms with van der Waals surface area (Å²) in [6.07, 6.45) is 1.62. The molecule has 1 aromatic carbocycles. The van der Waals surface area contributed by atoms with Gasteiger partial charge in [-0.15, -0.1) is 0 Å². The lowest BCUT2D eigenvalue weighted by molar-refractivity contribution is -0.142. The Kier molecular flexibility index (Phi) is 4.27. The molecule has 20 heavy (non-hydrogen) atoms. The van der Waals surface area contributed by atoms with Gasteiger partial charge in [-0.2, -0.15) is 0 Å². The fraction of sp³-hybridized carbons (Fsp3) is 0.214. The first kappa shape index (κ1) is 14.0. The quantitative estimate of drug-likeness (QED) is 0.803. The van der Waals surface area contributed by atoms with E-state index in [-0.39, 0.29) is 13.2 Å². The number of nitrogens with zero attached hydrogens (tertiary/aromatic N) is 2. The summed E-state index contributed by atoms with van der Waals surface area (Å²) >= 11 is 0. The predicted octanol–water partition coefficient (Wildman–Crippen LogP) is 0.624. The molecule has 0 fully saturated rings. The smallest absolute Gasteiger partial charge is 0.313 e. The second-order valence-corrected chi connectivity index (χ2v) is 4.29. The molecular weight excluding hydrogens is 258 g/mol. The lowest BCUT2D eigenvalue weighted by Gasteiger charge is -2.15. The van der Waals surface area contributed by atoms with Gasteiger partial charge in [-0.3, -0.25) is 14.6 Å². The molecule has 0 aliphatic heterocycles. The van der Waals surface area contributed by atoms with E-state index in [1.807, 2.05) is 12.1 Å². The molecule has 0 aliphatic carbocycles. The van der Waals surface area contributed by atoms with Crippen LogP contribution < -0.4 is 5.32 Å². The molecule has 2 amide bonds. The standard InChI is InChI=1S/C14H15N3O3/c1-17(8-9-18)14(20)13(19)16-11-6-2-4-10-5-3-7-15-12(10)11/h2-7,18H,8-9H2,1H3,(H,16,19). The Balaban J connectivity index is 2.20. The Morgan fingerprint density at radius 3 is 2.80 bits per heavy atom. The summed E-state index contributed by atoms with van der Waals surface area (Å²) in [4.78, 5) is 29.0. The fourth-order valence-electron chi connectivity index (χ4n) is 1.81. The van der Waals surface area contributed by atoms with Crippen molar-refractivity contribution in [1.29, 1.82) is 0 Å². The van der Waals surface area contributed by atoms with Crippen molar-refractivity contribution < 1.29 is 14.7 Å². The summed E-state index contributed by atoms with van der Waals surface area (Å²) in [5, 5.41) is 12.2. The number of likely N-dealkylation sites (N-methyl/N-ethyl adjacent to an activating group) is 1. The number of aliphatic hydroxyl groups excluding tert-OH is 1.